The van der Waals surface area contributed by atoms with Gasteiger partial charge < -0.3 is 14.7 Å². The zero-order chi connectivity index (χ0) is 26.8. The molecule has 3 aliphatic rings. The fourth-order valence-corrected chi connectivity index (χ4v) is 6.65. The molecular weight excluding hydrogens is 499 g/mol. The lowest BCUT2D eigenvalue weighted by Crippen LogP contribution is -2.26. The lowest BCUT2D eigenvalue weighted by atomic mass is 9.87. The van der Waals surface area contributed by atoms with Gasteiger partial charge in [0.2, 0.25) is 0 Å². The number of alkyl halides is 1. The van der Waals surface area contributed by atoms with Crippen LogP contribution in [0.4, 0.5) is 10.1 Å². The van der Waals surface area contributed by atoms with Gasteiger partial charge in [0.15, 0.2) is 0 Å². The van der Waals surface area contributed by atoms with Crippen LogP contribution in [0.15, 0.2) is 60.7 Å². The number of hydrogen-bond donors (Lipinski definition) is 1. The first-order valence-electron chi connectivity index (χ1n) is 14.6. The smallest absolute Gasteiger partial charge is 0.119 e. The second-order valence-electron chi connectivity index (χ2n) is 11.1. The van der Waals surface area contributed by atoms with Gasteiger partial charge in [0.1, 0.15) is 17.6 Å². The molecule has 2 heterocycles. The quantitative estimate of drug-likeness (QED) is 0.319. The van der Waals surface area contributed by atoms with E-state index >= 15 is 0 Å². The van der Waals surface area contributed by atoms with Gasteiger partial charge in [0.25, 0.3) is 0 Å². The number of hydrogen-bond acceptors (Lipinski definition) is 4. The normalized spacial score (nSPS) is 18.8. The van der Waals surface area contributed by atoms with E-state index in [1.807, 2.05) is 12.1 Å². The van der Waals surface area contributed by atoms with Crippen LogP contribution < -0.4 is 9.64 Å². The van der Waals surface area contributed by atoms with E-state index in [1.54, 1.807) is 0 Å². The van der Waals surface area contributed by atoms with Crippen LogP contribution in [0.5, 0.6) is 11.5 Å². The molecule has 0 spiro atoms. The number of likely N-dealkylation sites (N-methyl/N-ethyl adjacent to an activating group) is 1. The molecule has 4 nitrogen and oxygen atoms in total. The molecular formula is C35H43FN2O2. The predicted molar refractivity (Wildman–Crippen MR) is 164 cm³/mol. The third-order valence-electron chi connectivity index (χ3n) is 8.62. The Labute approximate surface area is 239 Å². The molecule has 40 heavy (non-hydrogen) atoms. The van der Waals surface area contributed by atoms with Gasteiger partial charge in [-0.3, -0.25) is 9.29 Å². The number of benzene rings is 3. The number of rotatable bonds is 8. The van der Waals surface area contributed by atoms with E-state index in [0.29, 0.717) is 12.2 Å². The van der Waals surface area contributed by atoms with Crippen LogP contribution in [0.3, 0.4) is 0 Å². The predicted octanol–water partition coefficient (Wildman–Crippen LogP) is 7.52. The molecule has 1 aliphatic carbocycles. The van der Waals surface area contributed by atoms with Gasteiger partial charge in [0.05, 0.1) is 6.67 Å². The zero-order valence-electron chi connectivity index (χ0n) is 23.0. The molecule has 0 unspecified atom stereocenters. The summed E-state index contributed by atoms with van der Waals surface area (Å²) in [6.07, 6.45) is 5.83. The number of allylic oxidation sites excluding steroid dienone is 1. The van der Waals surface area contributed by atoms with Crippen LogP contribution in [0.25, 0.3) is 11.1 Å². The minimum absolute atomic E-state index is 0. The molecule has 0 bridgehead atoms. The van der Waals surface area contributed by atoms with Crippen LogP contribution in [-0.2, 0) is 12.8 Å². The second kappa shape index (κ2) is 12.5. The number of fused-ring (bicyclic) bond motifs is 2. The molecule has 0 aromatic heterocycles. The fourth-order valence-electron chi connectivity index (χ4n) is 6.65. The van der Waals surface area contributed by atoms with Crippen LogP contribution in [0.1, 0.15) is 67.9 Å². The molecule has 0 saturated carbocycles. The van der Waals surface area contributed by atoms with E-state index in [9.17, 15) is 9.50 Å². The van der Waals surface area contributed by atoms with E-state index in [0.717, 1.165) is 70.6 Å². The Balaban J connectivity index is 0.00000323. The molecule has 3 aromatic carbocycles. The second-order valence-corrected chi connectivity index (χ2v) is 11.1. The summed E-state index contributed by atoms with van der Waals surface area (Å²) in [5.74, 6) is 1.21. The molecule has 0 radical (unpaired) electrons. The summed E-state index contributed by atoms with van der Waals surface area (Å²) in [5, 5.41) is 10.3. The van der Waals surface area contributed by atoms with Crippen molar-refractivity contribution >= 4 is 16.8 Å². The maximum atomic E-state index is 12.6. The highest BCUT2D eigenvalue weighted by atomic mass is 19.1. The first kappa shape index (κ1) is 28.2. The molecule has 2 aliphatic heterocycles. The van der Waals surface area contributed by atoms with Crippen LogP contribution in [0, 0.1) is 0 Å². The largest absolute Gasteiger partial charge is 0.508 e. The fraction of sp³-hybridized carbons (Fsp3) is 0.429. The Morgan fingerprint density at radius 2 is 1.75 bits per heavy atom. The lowest BCUT2D eigenvalue weighted by Gasteiger charge is -2.20. The van der Waals surface area contributed by atoms with Gasteiger partial charge in [-0.2, -0.15) is 0 Å². The highest BCUT2D eigenvalue weighted by molar-refractivity contribution is 6.00. The molecule has 6 rings (SSSR count). The standard InChI is InChI=1S/C34H39FN2O2.CH4/c1-2-37-20-15-27-21-26(9-14-33(27)37)31-6-3-5-25-22-28(38)10-13-32(25)34(31)24-7-11-29(12-8-24)39-30-16-19-36(23-30)18-4-17-35;/h7-14,21-22,30,38H,2-6,15-20,23H2,1H3;1H4/t30-;/m0./s1. The summed E-state index contributed by atoms with van der Waals surface area (Å²) in [4.78, 5) is 4.76. The maximum absolute atomic E-state index is 12.6. The molecule has 212 valence electrons. The number of phenolic OH excluding ortho intramolecular Hbond substituents is 1. The number of aryl methyl sites for hydroxylation is 1. The Bertz CT molecular complexity index is 1350. The van der Waals surface area contributed by atoms with Crippen molar-refractivity contribution in [3.05, 3.63) is 88.5 Å². The molecule has 1 fully saturated rings. The summed E-state index contributed by atoms with van der Waals surface area (Å²) in [6.45, 7) is 6.75. The molecule has 5 heteroatoms. The summed E-state index contributed by atoms with van der Waals surface area (Å²) in [6, 6.07) is 21.4. The molecule has 0 amide bonds. The molecule has 3 aromatic rings. The van der Waals surface area contributed by atoms with Crippen molar-refractivity contribution in [3.8, 4) is 11.5 Å². The number of nitrogens with zero attached hydrogens (tertiary/aromatic N) is 2. The number of likely N-dealkylation sites (tertiary alicyclic amines) is 1. The van der Waals surface area contributed by atoms with Crippen molar-refractivity contribution in [2.45, 2.75) is 59.0 Å². The molecule has 1 saturated heterocycles. The SMILES string of the molecule is C.CCN1CCc2cc(C3=C(c4ccc(O[C@H]5CCN(CCCF)C5)cc4)c4ccc(O)cc4CCC3)ccc21. The van der Waals surface area contributed by atoms with Crippen LogP contribution in [-0.4, -0.2) is 55.5 Å². The average molecular weight is 543 g/mol. The topological polar surface area (TPSA) is 35.9 Å². The average Bonchev–Trinajstić information content (AvgIpc) is 3.53. The van der Waals surface area contributed by atoms with Crippen molar-refractivity contribution < 1.29 is 14.2 Å². The van der Waals surface area contributed by atoms with Gasteiger partial charge in [-0.25, -0.2) is 0 Å². The zero-order valence-corrected chi connectivity index (χ0v) is 23.0. The highest BCUT2D eigenvalue weighted by Gasteiger charge is 2.25. The van der Waals surface area contributed by atoms with E-state index in [2.05, 4.69) is 65.3 Å². The Morgan fingerprint density at radius 3 is 2.55 bits per heavy atom. The Morgan fingerprint density at radius 1 is 0.925 bits per heavy atom. The number of anilines is 1. The van der Waals surface area contributed by atoms with E-state index in [4.69, 9.17) is 4.74 Å². The summed E-state index contributed by atoms with van der Waals surface area (Å²) in [7, 11) is 0. The first-order chi connectivity index (χ1) is 19.1. The number of halogens is 1. The van der Waals surface area contributed by atoms with Gasteiger partial charge >= 0.3 is 0 Å². The van der Waals surface area contributed by atoms with Gasteiger partial charge in [-0.05, 0) is 121 Å². The summed E-state index contributed by atoms with van der Waals surface area (Å²) >= 11 is 0. The van der Waals surface area contributed by atoms with Crippen molar-refractivity contribution in [3.63, 3.8) is 0 Å². The Hall–Kier alpha value is -3.31. The number of aromatic hydroxyl groups is 1. The van der Waals surface area contributed by atoms with Crippen LogP contribution in [0.2, 0.25) is 0 Å². The van der Waals surface area contributed by atoms with Gasteiger partial charge in [0, 0.05) is 38.4 Å². The monoisotopic (exact) mass is 542 g/mol. The van der Waals surface area contributed by atoms with Gasteiger partial charge in [-0.1, -0.05) is 31.7 Å². The van der Waals surface area contributed by atoms with Crippen molar-refractivity contribution in [1.82, 2.24) is 4.90 Å². The minimum Gasteiger partial charge on any atom is -0.508 e. The van der Waals surface area contributed by atoms with Crippen LogP contribution >= 0.6 is 0 Å². The van der Waals surface area contributed by atoms with E-state index < -0.39 is 0 Å². The third-order valence-corrected chi connectivity index (χ3v) is 8.62. The van der Waals surface area contributed by atoms with Crippen molar-refractivity contribution in [2.75, 3.05) is 44.3 Å². The number of phenols is 1. The Kier molecular flexibility index (Phi) is 8.80. The first-order valence-corrected chi connectivity index (χ1v) is 14.6. The van der Waals surface area contributed by atoms with Gasteiger partial charge in [-0.15, -0.1) is 0 Å². The van der Waals surface area contributed by atoms with Crippen molar-refractivity contribution in [2.24, 2.45) is 0 Å². The van der Waals surface area contributed by atoms with Crippen molar-refractivity contribution in [1.29, 1.82) is 0 Å². The highest BCUT2D eigenvalue weighted by Crippen LogP contribution is 2.42. The lowest BCUT2D eigenvalue weighted by molar-refractivity contribution is 0.198. The maximum Gasteiger partial charge on any atom is 0.119 e. The number of ether oxygens (including phenoxy) is 1. The molecule has 1 N–H and O–H groups in total. The molecule has 1 atom stereocenters. The van der Waals surface area contributed by atoms with E-state index in [-0.39, 0.29) is 20.2 Å². The third kappa shape index (κ3) is 5.76. The summed E-state index contributed by atoms with van der Waals surface area (Å²) in [5.41, 5.74) is 10.4. The van der Waals surface area contributed by atoms with E-state index in [1.165, 1.54) is 44.7 Å². The summed E-state index contributed by atoms with van der Waals surface area (Å²) < 4.78 is 18.9. The minimum atomic E-state index is -0.257.